The number of halogens is 2. The van der Waals surface area contributed by atoms with Gasteiger partial charge in [-0.3, -0.25) is 15.4 Å². The molecule has 0 unspecified atom stereocenters. The first kappa shape index (κ1) is 17.3. The molecule has 0 spiro atoms. The number of hydrogen-bond donors (Lipinski definition) is 2. The van der Waals surface area contributed by atoms with Crippen LogP contribution >= 0.6 is 0 Å². The zero-order chi connectivity index (χ0) is 19.3. The predicted octanol–water partition coefficient (Wildman–Crippen LogP) is 4.03. The number of fused-ring (bicyclic) bond motifs is 2. The third-order valence-electron chi connectivity index (χ3n) is 5.04. The highest BCUT2D eigenvalue weighted by Crippen LogP contribution is 2.37. The van der Waals surface area contributed by atoms with Crippen molar-refractivity contribution in [1.29, 1.82) is 10.8 Å². The van der Waals surface area contributed by atoms with Gasteiger partial charge in [0.05, 0.1) is 10.9 Å². The number of anilines is 2. The van der Waals surface area contributed by atoms with Gasteiger partial charge in [0, 0.05) is 12.2 Å². The van der Waals surface area contributed by atoms with Crippen molar-refractivity contribution in [3.63, 3.8) is 0 Å². The molecule has 0 fully saturated rings. The summed E-state index contributed by atoms with van der Waals surface area (Å²) in [6.07, 6.45) is 1.76. The zero-order valence-corrected chi connectivity index (χ0v) is 15.1. The van der Waals surface area contributed by atoms with Gasteiger partial charge >= 0.3 is 0 Å². The molecule has 0 saturated heterocycles. The van der Waals surface area contributed by atoms with E-state index in [1.54, 1.807) is 0 Å². The first-order chi connectivity index (χ1) is 12.9. The topological polar surface area (TPSA) is 68.8 Å². The van der Waals surface area contributed by atoms with E-state index in [9.17, 15) is 8.78 Å². The molecule has 4 rings (SSSR count). The van der Waals surface area contributed by atoms with Crippen LogP contribution in [0.25, 0.3) is 10.9 Å². The summed E-state index contributed by atoms with van der Waals surface area (Å²) in [5.74, 6) is -1.75. The molecule has 2 aromatic carbocycles. The zero-order valence-electron chi connectivity index (χ0n) is 15.1. The highest BCUT2D eigenvalue weighted by Gasteiger charge is 2.26. The van der Waals surface area contributed by atoms with E-state index in [1.807, 2.05) is 30.0 Å². The lowest BCUT2D eigenvalue weighted by Crippen LogP contribution is -2.33. The molecule has 0 bridgehead atoms. The Kier molecular flexibility index (Phi) is 4.02. The number of benzene rings is 2. The summed E-state index contributed by atoms with van der Waals surface area (Å²) >= 11 is 0. The van der Waals surface area contributed by atoms with Gasteiger partial charge in [0.2, 0.25) is 5.62 Å². The minimum atomic E-state index is -1.01. The fourth-order valence-electron chi connectivity index (χ4n) is 3.81. The summed E-state index contributed by atoms with van der Waals surface area (Å²) in [5, 5.41) is 16.2. The first-order valence-corrected chi connectivity index (χ1v) is 8.77. The van der Waals surface area contributed by atoms with Gasteiger partial charge in [0.1, 0.15) is 11.7 Å². The van der Waals surface area contributed by atoms with Crippen LogP contribution in [0.15, 0.2) is 30.3 Å². The third-order valence-corrected chi connectivity index (χ3v) is 5.04. The van der Waals surface area contributed by atoms with Crippen molar-refractivity contribution in [2.45, 2.75) is 26.7 Å². The van der Waals surface area contributed by atoms with Crippen molar-refractivity contribution in [3.05, 3.63) is 58.7 Å². The van der Waals surface area contributed by atoms with Crippen molar-refractivity contribution in [1.82, 2.24) is 9.55 Å². The molecular weight excluding hydrogens is 348 g/mol. The minimum absolute atomic E-state index is 0.00745. The van der Waals surface area contributed by atoms with Crippen LogP contribution in [0.3, 0.4) is 0 Å². The van der Waals surface area contributed by atoms with Gasteiger partial charge in [-0.15, -0.1) is 0 Å². The Balaban J connectivity index is 2.09. The third kappa shape index (κ3) is 2.61. The van der Waals surface area contributed by atoms with E-state index in [1.165, 1.54) is 17.6 Å². The summed E-state index contributed by atoms with van der Waals surface area (Å²) in [6, 6.07) is 8.32. The molecule has 0 amide bonds. The van der Waals surface area contributed by atoms with Gasteiger partial charge in [-0.05, 0) is 56.0 Å². The Morgan fingerprint density at radius 2 is 1.96 bits per heavy atom. The SMILES string of the molecule is CC(=N)n1c(=N)nc(N2CCCc3c(C)cccc32)c2c(F)c(F)ccc21. The van der Waals surface area contributed by atoms with E-state index in [-0.39, 0.29) is 28.2 Å². The first-order valence-electron chi connectivity index (χ1n) is 8.77. The van der Waals surface area contributed by atoms with E-state index in [0.29, 0.717) is 6.54 Å². The average molecular weight is 367 g/mol. The fraction of sp³-hybridized carbons (Fsp3) is 0.250. The van der Waals surface area contributed by atoms with Gasteiger partial charge in [0.15, 0.2) is 11.6 Å². The van der Waals surface area contributed by atoms with Gasteiger partial charge in [-0.2, -0.15) is 4.98 Å². The Labute approximate surface area is 154 Å². The largest absolute Gasteiger partial charge is 0.325 e. The molecule has 7 heteroatoms. The molecule has 3 aromatic rings. The standard InChI is InChI=1S/C20H19F2N5/c1-11-5-3-7-15-13(11)6-4-10-26(15)19-17-16(9-8-14(21)18(17)22)27(12(2)23)20(24)25-19/h3,5,7-9,23-24H,4,6,10H2,1-2H3. The van der Waals surface area contributed by atoms with E-state index >= 15 is 0 Å². The molecule has 1 aromatic heterocycles. The Hall–Kier alpha value is -3.09. The molecule has 5 nitrogen and oxygen atoms in total. The summed E-state index contributed by atoms with van der Waals surface area (Å²) in [5.41, 5.74) is 3.27. The molecule has 2 N–H and O–H groups in total. The Morgan fingerprint density at radius 3 is 2.70 bits per heavy atom. The molecule has 1 aliphatic heterocycles. The molecule has 2 heterocycles. The fourth-order valence-corrected chi connectivity index (χ4v) is 3.81. The Morgan fingerprint density at radius 1 is 1.19 bits per heavy atom. The van der Waals surface area contributed by atoms with E-state index in [4.69, 9.17) is 10.8 Å². The lowest BCUT2D eigenvalue weighted by molar-refractivity contribution is 0.516. The average Bonchev–Trinajstić information content (AvgIpc) is 2.63. The lowest BCUT2D eigenvalue weighted by atomic mass is 9.97. The predicted molar refractivity (Wildman–Crippen MR) is 101 cm³/mol. The smallest absolute Gasteiger partial charge is 0.230 e. The quantitative estimate of drug-likeness (QED) is 0.504. The van der Waals surface area contributed by atoms with Crippen LogP contribution in [-0.4, -0.2) is 21.9 Å². The van der Waals surface area contributed by atoms with Crippen LogP contribution in [0.4, 0.5) is 20.3 Å². The minimum Gasteiger partial charge on any atom is -0.325 e. The van der Waals surface area contributed by atoms with Crippen molar-refractivity contribution in [2.24, 2.45) is 0 Å². The summed E-state index contributed by atoms with van der Waals surface area (Å²) in [7, 11) is 0. The maximum atomic E-state index is 14.9. The van der Waals surface area contributed by atoms with Crippen molar-refractivity contribution in [2.75, 3.05) is 11.4 Å². The van der Waals surface area contributed by atoms with Gasteiger partial charge in [-0.1, -0.05) is 12.1 Å². The number of aryl methyl sites for hydroxylation is 1. The number of aromatic nitrogens is 2. The Bertz CT molecular complexity index is 1150. The molecule has 27 heavy (non-hydrogen) atoms. The van der Waals surface area contributed by atoms with Crippen LogP contribution in [-0.2, 0) is 6.42 Å². The number of rotatable bonds is 1. The molecule has 0 atom stereocenters. The monoisotopic (exact) mass is 367 g/mol. The van der Waals surface area contributed by atoms with Gasteiger partial charge < -0.3 is 4.90 Å². The summed E-state index contributed by atoms with van der Waals surface area (Å²) < 4.78 is 30.1. The van der Waals surface area contributed by atoms with Crippen LogP contribution in [0.1, 0.15) is 24.5 Å². The maximum Gasteiger partial charge on any atom is 0.230 e. The van der Waals surface area contributed by atoms with Crippen LogP contribution in [0.2, 0.25) is 0 Å². The normalized spacial score (nSPS) is 13.7. The lowest BCUT2D eigenvalue weighted by Gasteiger charge is -2.32. The second-order valence-corrected chi connectivity index (χ2v) is 6.76. The molecule has 0 radical (unpaired) electrons. The van der Waals surface area contributed by atoms with Crippen molar-refractivity contribution in [3.8, 4) is 0 Å². The molecule has 0 saturated carbocycles. The van der Waals surface area contributed by atoms with Crippen LogP contribution in [0, 0.1) is 29.4 Å². The second-order valence-electron chi connectivity index (χ2n) is 6.76. The second kappa shape index (κ2) is 6.26. The van der Waals surface area contributed by atoms with Crippen molar-refractivity contribution < 1.29 is 8.78 Å². The molecular formula is C20H19F2N5. The number of nitrogens with one attached hydrogen (secondary N) is 2. The van der Waals surface area contributed by atoms with Crippen LogP contribution < -0.4 is 10.5 Å². The highest BCUT2D eigenvalue weighted by atomic mass is 19.2. The number of nitrogens with zero attached hydrogens (tertiary/aromatic N) is 3. The number of hydrogen-bond acceptors (Lipinski definition) is 4. The van der Waals surface area contributed by atoms with E-state index in [0.717, 1.165) is 35.7 Å². The summed E-state index contributed by atoms with van der Waals surface area (Å²) in [6.45, 7) is 4.11. The van der Waals surface area contributed by atoms with E-state index in [2.05, 4.69) is 4.98 Å². The van der Waals surface area contributed by atoms with Crippen LogP contribution in [0.5, 0.6) is 0 Å². The van der Waals surface area contributed by atoms with Gasteiger partial charge in [0.25, 0.3) is 0 Å². The van der Waals surface area contributed by atoms with Gasteiger partial charge in [-0.25, -0.2) is 8.78 Å². The molecule has 0 aliphatic carbocycles. The molecule has 1 aliphatic rings. The molecule has 138 valence electrons. The van der Waals surface area contributed by atoms with Crippen molar-refractivity contribution >= 4 is 28.2 Å². The maximum absolute atomic E-state index is 14.9. The van der Waals surface area contributed by atoms with E-state index < -0.39 is 11.6 Å². The summed E-state index contributed by atoms with van der Waals surface area (Å²) in [4.78, 5) is 6.14. The highest BCUT2D eigenvalue weighted by molar-refractivity contribution is 5.98.